The van der Waals surface area contributed by atoms with Gasteiger partial charge < -0.3 is 19.9 Å². The lowest BCUT2D eigenvalue weighted by Crippen LogP contribution is -2.47. The number of para-hydroxylation sites is 1. The number of hydrogen-bond acceptors (Lipinski definition) is 4. The third-order valence-corrected chi connectivity index (χ3v) is 5.01. The largest absolute Gasteiger partial charge is 0.424 e. The molecule has 156 valence electrons. The first-order chi connectivity index (χ1) is 13.6. The minimum absolute atomic E-state index is 0.0242. The van der Waals surface area contributed by atoms with Crippen LogP contribution in [-0.4, -0.2) is 45.7 Å². The molecule has 3 rings (SSSR count). The number of benzene rings is 1. The highest BCUT2D eigenvalue weighted by molar-refractivity contribution is 6.00. The van der Waals surface area contributed by atoms with Crippen molar-refractivity contribution in [3.05, 3.63) is 48.5 Å². The summed E-state index contributed by atoms with van der Waals surface area (Å²) >= 11 is 0. The van der Waals surface area contributed by atoms with Crippen LogP contribution < -0.4 is 10.2 Å². The Labute approximate surface area is 165 Å². The van der Waals surface area contributed by atoms with E-state index in [4.69, 9.17) is 0 Å². The second-order valence-corrected chi connectivity index (χ2v) is 7.00. The van der Waals surface area contributed by atoms with Gasteiger partial charge in [0.15, 0.2) is 0 Å². The molecule has 2 aromatic rings. The van der Waals surface area contributed by atoms with Gasteiger partial charge in [0.1, 0.15) is 5.82 Å². The van der Waals surface area contributed by atoms with Gasteiger partial charge in [-0.25, -0.2) is 4.98 Å². The van der Waals surface area contributed by atoms with E-state index in [9.17, 15) is 27.9 Å². The van der Waals surface area contributed by atoms with Crippen LogP contribution in [0.5, 0.6) is 0 Å². The summed E-state index contributed by atoms with van der Waals surface area (Å²) in [6.07, 6.45) is -3.33. The molecule has 2 heterocycles. The first kappa shape index (κ1) is 20.8. The van der Waals surface area contributed by atoms with Crippen LogP contribution in [-0.2, 0) is 22.2 Å². The molecule has 0 aliphatic carbocycles. The number of rotatable bonds is 6. The van der Waals surface area contributed by atoms with Gasteiger partial charge in [0.25, 0.3) is 0 Å². The van der Waals surface area contributed by atoms with Crippen molar-refractivity contribution in [2.24, 2.45) is 13.0 Å². The SMILES string of the molecule is Cn1ccnc1C(O)(CCNC(=O)C1CC(=O)N(c2ccccc2)C1)C(F)(F)F. The molecule has 1 aromatic heterocycles. The minimum Gasteiger partial charge on any atom is -0.374 e. The number of aryl methyl sites for hydroxylation is 1. The fourth-order valence-electron chi connectivity index (χ4n) is 3.40. The maximum absolute atomic E-state index is 13.5. The number of anilines is 1. The van der Waals surface area contributed by atoms with Gasteiger partial charge in [0.05, 0.1) is 5.92 Å². The van der Waals surface area contributed by atoms with Crippen molar-refractivity contribution in [3.63, 3.8) is 0 Å². The molecule has 1 aliphatic rings. The van der Waals surface area contributed by atoms with Crippen molar-refractivity contribution >= 4 is 17.5 Å². The van der Waals surface area contributed by atoms with E-state index in [2.05, 4.69) is 10.3 Å². The third kappa shape index (κ3) is 4.12. The Kier molecular flexibility index (Phi) is 5.65. The molecule has 7 nitrogen and oxygen atoms in total. The summed E-state index contributed by atoms with van der Waals surface area (Å²) in [4.78, 5) is 29.7. The van der Waals surface area contributed by atoms with Gasteiger partial charge in [-0.15, -0.1) is 0 Å². The number of aromatic nitrogens is 2. The highest BCUT2D eigenvalue weighted by Gasteiger charge is 2.57. The van der Waals surface area contributed by atoms with Gasteiger partial charge in [-0.05, 0) is 12.1 Å². The molecule has 10 heteroatoms. The molecule has 2 unspecified atom stereocenters. The number of carbonyl (C=O) groups is 2. The van der Waals surface area contributed by atoms with E-state index < -0.39 is 42.4 Å². The second kappa shape index (κ2) is 7.86. The first-order valence-electron chi connectivity index (χ1n) is 9.03. The molecule has 2 atom stereocenters. The minimum atomic E-state index is -4.97. The molecule has 0 spiro atoms. The molecular weight excluding hydrogens is 389 g/mol. The maximum atomic E-state index is 13.5. The molecule has 2 amide bonds. The monoisotopic (exact) mass is 410 g/mol. The van der Waals surface area contributed by atoms with Crippen molar-refractivity contribution in [2.45, 2.75) is 24.6 Å². The van der Waals surface area contributed by atoms with Crippen LogP contribution in [0.15, 0.2) is 42.7 Å². The number of halogens is 3. The lowest BCUT2D eigenvalue weighted by atomic mass is 9.97. The van der Waals surface area contributed by atoms with Crippen molar-refractivity contribution in [3.8, 4) is 0 Å². The second-order valence-electron chi connectivity index (χ2n) is 7.00. The fraction of sp³-hybridized carbons (Fsp3) is 0.421. The van der Waals surface area contributed by atoms with E-state index >= 15 is 0 Å². The first-order valence-corrected chi connectivity index (χ1v) is 9.03. The highest BCUT2D eigenvalue weighted by atomic mass is 19.4. The average molecular weight is 410 g/mol. The lowest BCUT2D eigenvalue weighted by molar-refractivity contribution is -0.272. The Balaban J connectivity index is 1.62. The zero-order valence-electron chi connectivity index (χ0n) is 15.7. The standard InChI is InChI=1S/C19H21F3N4O3/c1-25-10-9-24-17(25)18(29,19(20,21)22)7-8-23-16(28)13-11-15(27)26(12-13)14-5-3-2-4-6-14/h2-6,9-10,13,29H,7-8,11-12H2,1H3,(H,23,28). The molecule has 0 saturated carbocycles. The Bertz CT molecular complexity index is 884. The van der Waals surface area contributed by atoms with Crippen LogP contribution >= 0.6 is 0 Å². The van der Waals surface area contributed by atoms with Crippen molar-refractivity contribution < 1.29 is 27.9 Å². The van der Waals surface area contributed by atoms with Crippen LogP contribution in [0.2, 0.25) is 0 Å². The van der Waals surface area contributed by atoms with Gasteiger partial charge in [-0.1, -0.05) is 18.2 Å². The molecule has 1 saturated heterocycles. The topological polar surface area (TPSA) is 87.5 Å². The number of alkyl halides is 3. The quantitative estimate of drug-likeness (QED) is 0.759. The molecule has 0 bridgehead atoms. The normalized spacial score (nSPS) is 19.3. The van der Waals surface area contributed by atoms with Crippen molar-refractivity contribution in [1.29, 1.82) is 0 Å². The molecule has 0 radical (unpaired) electrons. The van der Waals surface area contributed by atoms with Gasteiger partial charge in [0, 0.05) is 51.1 Å². The smallest absolute Gasteiger partial charge is 0.374 e. The van der Waals surface area contributed by atoms with Crippen LogP contribution in [0, 0.1) is 5.92 Å². The average Bonchev–Trinajstić information content (AvgIpc) is 3.27. The molecule has 1 aliphatic heterocycles. The number of hydrogen-bond donors (Lipinski definition) is 2. The number of imidazole rings is 1. The summed E-state index contributed by atoms with van der Waals surface area (Å²) in [5, 5.41) is 12.7. The Morgan fingerprint density at radius 2 is 2.00 bits per heavy atom. The number of nitrogens with zero attached hydrogens (tertiary/aromatic N) is 3. The van der Waals surface area contributed by atoms with E-state index in [0.717, 1.165) is 10.8 Å². The predicted octanol–water partition coefficient (Wildman–Crippen LogP) is 1.73. The molecule has 2 N–H and O–H groups in total. The van der Waals surface area contributed by atoms with E-state index in [1.165, 1.54) is 18.1 Å². The number of carbonyl (C=O) groups excluding carboxylic acids is 2. The molecule has 1 fully saturated rings. The number of aliphatic hydroxyl groups is 1. The fourth-order valence-corrected chi connectivity index (χ4v) is 3.40. The van der Waals surface area contributed by atoms with Gasteiger partial charge in [-0.2, -0.15) is 13.2 Å². The summed E-state index contributed by atoms with van der Waals surface area (Å²) in [7, 11) is 1.35. The summed E-state index contributed by atoms with van der Waals surface area (Å²) < 4.78 is 41.6. The maximum Gasteiger partial charge on any atom is 0.424 e. The number of nitrogens with one attached hydrogen (secondary N) is 1. The van der Waals surface area contributed by atoms with Crippen molar-refractivity contribution in [1.82, 2.24) is 14.9 Å². The van der Waals surface area contributed by atoms with E-state index in [0.29, 0.717) is 5.69 Å². The van der Waals surface area contributed by atoms with Crippen LogP contribution in [0.25, 0.3) is 0 Å². The lowest BCUT2D eigenvalue weighted by Gasteiger charge is -2.30. The zero-order valence-corrected chi connectivity index (χ0v) is 15.7. The summed E-state index contributed by atoms with van der Waals surface area (Å²) in [6, 6.07) is 8.83. The zero-order chi connectivity index (χ0) is 21.2. The summed E-state index contributed by atoms with van der Waals surface area (Å²) in [6.45, 7) is -0.269. The van der Waals surface area contributed by atoms with Gasteiger partial charge in [0.2, 0.25) is 17.4 Å². The van der Waals surface area contributed by atoms with Crippen LogP contribution in [0.1, 0.15) is 18.7 Å². The predicted molar refractivity (Wildman–Crippen MR) is 97.7 cm³/mol. The van der Waals surface area contributed by atoms with Gasteiger partial charge >= 0.3 is 6.18 Å². The summed E-state index contributed by atoms with van der Waals surface area (Å²) in [5.74, 6) is -1.97. The van der Waals surface area contributed by atoms with Crippen LogP contribution in [0.4, 0.5) is 18.9 Å². The Hall–Kier alpha value is -2.88. The van der Waals surface area contributed by atoms with E-state index in [-0.39, 0.29) is 18.9 Å². The summed E-state index contributed by atoms with van der Waals surface area (Å²) in [5.41, 5.74) is -2.53. The molecule has 29 heavy (non-hydrogen) atoms. The molecular formula is C19H21F3N4O3. The van der Waals surface area contributed by atoms with Crippen LogP contribution in [0.3, 0.4) is 0 Å². The Morgan fingerprint density at radius 3 is 2.59 bits per heavy atom. The van der Waals surface area contributed by atoms with E-state index in [1.54, 1.807) is 30.3 Å². The third-order valence-electron chi connectivity index (χ3n) is 5.01. The molecule has 1 aromatic carbocycles. The number of amides is 2. The van der Waals surface area contributed by atoms with Crippen molar-refractivity contribution in [2.75, 3.05) is 18.0 Å². The Morgan fingerprint density at radius 1 is 1.31 bits per heavy atom. The van der Waals surface area contributed by atoms with Gasteiger partial charge in [-0.3, -0.25) is 9.59 Å². The van der Waals surface area contributed by atoms with E-state index in [1.807, 2.05) is 0 Å². The highest BCUT2D eigenvalue weighted by Crippen LogP contribution is 2.40.